The molecule has 6 nitrogen and oxygen atoms in total. The molecule has 2 aliphatic carbocycles. The molecule has 2 atom stereocenters. The van der Waals surface area contributed by atoms with Crippen molar-refractivity contribution in [2.24, 2.45) is 17.6 Å². The number of aromatic nitrogens is 2. The van der Waals surface area contributed by atoms with E-state index in [1.165, 1.54) is 19.3 Å². The number of benzene rings is 1. The third-order valence-corrected chi connectivity index (χ3v) is 6.09. The van der Waals surface area contributed by atoms with Gasteiger partial charge in [-0.3, -0.25) is 4.79 Å². The minimum Gasteiger partial charge on any atom is -0.353 e. The lowest BCUT2D eigenvalue weighted by Crippen LogP contribution is -2.53. The number of aryl methyl sites for hydroxylation is 1. The molecule has 3 N–H and O–H groups in total. The second-order valence-corrected chi connectivity index (χ2v) is 8.23. The molecule has 27 heavy (non-hydrogen) atoms. The second-order valence-electron chi connectivity index (χ2n) is 7.79. The third-order valence-electron chi connectivity index (χ3n) is 5.84. The van der Waals surface area contributed by atoms with Crippen molar-refractivity contribution in [3.63, 3.8) is 0 Å². The van der Waals surface area contributed by atoms with Crippen LogP contribution < -0.4 is 11.1 Å². The zero-order valence-corrected chi connectivity index (χ0v) is 16.0. The molecule has 0 saturated heterocycles. The van der Waals surface area contributed by atoms with E-state index in [4.69, 9.17) is 21.9 Å². The van der Waals surface area contributed by atoms with E-state index in [-0.39, 0.29) is 18.0 Å². The van der Waals surface area contributed by atoms with Crippen LogP contribution in [0.15, 0.2) is 28.8 Å². The first-order valence-electron chi connectivity index (χ1n) is 9.72. The van der Waals surface area contributed by atoms with Gasteiger partial charge in [0.15, 0.2) is 0 Å². The molecule has 0 radical (unpaired) electrons. The molecule has 144 valence electrons. The zero-order valence-electron chi connectivity index (χ0n) is 15.2. The summed E-state index contributed by atoms with van der Waals surface area (Å²) in [6.07, 6.45) is 6.43. The molecule has 1 aromatic carbocycles. The number of hydrogen-bond acceptors (Lipinski definition) is 5. The van der Waals surface area contributed by atoms with E-state index >= 15 is 0 Å². The van der Waals surface area contributed by atoms with E-state index in [0.29, 0.717) is 41.4 Å². The predicted molar refractivity (Wildman–Crippen MR) is 103 cm³/mol. The van der Waals surface area contributed by atoms with Crippen LogP contribution in [0, 0.1) is 11.8 Å². The quantitative estimate of drug-likeness (QED) is 0.819. The summed E-state index contributed by atoms with van der Waals surface area (Å²) in [5.41, 5.74) is 7.00. The molecule has 2 saturated carbocycles. The van der Waals surface area contributed by atoms with Crippen LogP contribution in [0.4, 0.5) is 0 Å². The Hall–Kier alpha value is -1.92. The Morgan fingerprint density at radius 2 is 1.93 bits per heavy atom. The van der Waals surface area contributed by atoms with Gasteiger partial charge in [0.25, 0.3) is 0 Å². The summed E-state index contributed by atoms with van der Waals surface area (Å²) in [6, 6.07) is 7.82. The highest BCUT2D eigenvalue weighted by molar-refractivity contribution is 6.30. The topological polar surface area (TPSA) is 94.0 Å². The molecule has 1 heterocycles. The van der Waals surface area contributed by atoms with Crippen LogP contribution in [0.3, 0.4) is 0 Å². The van der Waals surface area contributed by atoms with Crippen LogP contribution in [0.25, 0.3) is 11.4 Å². The standard InChI is InChI=1S/C20H25ClN4O2/c21-15-6-4-12(5-7-15)20-24-18(27-25-20)9-8-17(26)23-19-13-2-1-3-14(19)11-16(22)10-13/h4-7,13-14,16,19H,1-3,8-11,22H2,(H,23,26). The Morgan fingerprint density at radius 1 is 1.22 bits per heavy atom. The number of halogens is 1. The van der Waals surface area contributed by atoms with Crippen molar-refractivity contribution in [1.82, 2.24) is 15.5 Å². The van der Waals surface area contributed by atoms with Crippen LogP contribution in [-0.2, 0) is 11.2 Å². The fourth-order valence-corrected chi connectivity index (χ4v) is 4.70. The lowest BCUT2D eigenvalue weighted by Gasteiger charge is -2.45. The number of fused-ring (bicyclic) bond motifs is 2. The van der Waals surface area contributed by atoms with Crippen molar-refractivity contribution >= 4 is 17.5 Å². The Bertz CT molecular complexity index is 778. The molecule has 2 aromatic rings. The van der Waals surface area contributed by atoms with Gasteiger partial charge in [-0.25, -0.2) is 0 Å². The lowest BCUT2D eigenvalue weighted by atomic mass is 9.67. The maximum Gasteiger partial charge on any atom is 0.227 e. The van der Waals surface area contributed by atoms with Gasteiger partial charge in [0.05, 0.1) is 0 Å². The molecular weight excluding hydrogens is 364 g/mol. The van der Waals surface area contributed by atoms with Crippen molar-refractivity contribution in [3.05, 3.63) is 35.2 Å². The van der Waals surface area contributed by atoms with E-state index < -0.39 is 0 Å². The van der Waals surface area contributed by atoms with Crippen molar-refractivity contribution in [2.45, 2.75) is 57.0 Å². The average molecular weight is 389 g/mol. The molecule has 0 spiro atoms. The van der Waals surface area contributed by atoms with Gasteiger partial charge in [-0.1, -0.05) is 23.2 Å². The normalized spacial score (nSPS) is 27.3. The molecule has 4 rings (SSSR count). The highest BCUT2D eigenvalue weighted by Gasteiger charge is 2.39. The summed E-state index contributed by atoms with van der Waals surface area (Å²) in [7, 11) is 0. The predicted octanol–water partition coefficient (Wildman–Crippen LogP) is 3.34. The van der Waals surface area contributed by atoms with E-state index in [2.05, 4.69) is 15.5 Å². The number of nitrogens with zero attached hydrogens (tertiary/aromatic N) is 2. The number of rotatable bonds is 5. The van der Waals surface area contributed by atoms with Gasteiger partial charge in [-0.15, -0.1) is 0 Å². The van der Waals surface area contributed by atoms with Crippen LogP contribution in [0.1, 0.15) is 44.4 Å². The van der Waals surface area contributed by atoms with Gasteiger partial charge in [0.2, 0.25) is 17.6 Å². The van der Waals surface area contributed by atoms with Crippen LogP contribution in [-0.4, -0.2) is 28.1 Å². The molecule has 0 aliphatic heterocycles. The number of nitrogens with two attached hydrogens (primary N) is 1. The SMILES string of the molecule is NC1CC2CCCC(C1)C2NC(=O)CCc1nc(-c2ccc(Cl)cc2)no1. The highest BCUT2D eigenvalue weighted by Crippen LogP contribution is 2.39. The molecule has 2 bridgehead atoms. The van der Waals surface area contributed by atoms with Gasteiger partial charge in [0, 0.05) is 35.5 Å². The fraction of sp³-hybridized carbons (Fsp3) is 0.550. The number of nitrogens with one attached hydrogen (secondary N) is 1. The van der Waals surface area contributed by atoms with Gasteiger partial charge in [-0.2, -0.15) is 4.98 Å². The Labute approximate surface area is 163 Å². The largest absolute Gasteiger partial charge is 0.353 e. The zero-order chi connectivity index (χ0) is 18.8. The van der Waals surface area contributed by atoms with Crippen LogP contribution in [0.5, 0.6) is 0 Å². The first kappa shape index (κ1) is 18.4. The summed E-state index contributed by atoms with van der Waals surface area (Å²) in [4.78, 5) is 16.8. The number of amides is 1. The maximum absolute atomic E-state index is 12.5. The Kier molecular flexibility index (Phi) is 5.45. The molecule has 7 heteroatoms. The molecule has 1 amide bonds. The average Bonchev–Trinajstić information content (AvgIpc) is 3.10. The summed E-state index contributed by atoms with van der Waals surface area (Å²) in [5.74, 6) is 2.09. The Morgan fingerprint density at radius 3 is 2.63 bits per heavy atom. The highest BCUT2D eigenvalue weighted by atomic mass is 35.5. The summed E-state index contributed by atoms with van der Waals surface area (Å²) in [6.45, 7) is 0. The van der Waals surface area contributed by atoms with Gasteiger partial charge >= 0.3 is 0 Å². The van der Waals surface area contributed by atoms with E-state index in [1.807, 2.05) is 12.1 Å². The number of carbonyl (C=O) groups is 1. The van der Waals surface area contributed by atoms with Gasteiger partial charge < -0.3 is 15.6 Å². The maximum atomic E-state index is 12.5. The smallest absolute Gasteiger partial charge is 0.227 e. The Balaban J connectivity index is 1.31. The first-order chi connectivity index (χ1) is 13.1. The van der Waals surface area contributed by atoms with Crippen molar-refractivity contribution in [2.75, 3.05) is 0 Å². The summed E-state index contributed by atoms with van der Waals surface area (Å²) < 4.78 is 5.29. The lowest BCUT2D eigenvalue weighted by molar-refractivity contribution is -0.123. The molecule has 2 unspecified atom stereocenters. The molecule has 2 fully saturated rings. The fourth-order valence-electron chi connectivity index (χ4n) is 4.58. The minimum atomic E-state index is 0.0543. The van der Waals surface area contributed by atoms with Crippen molar-refractivity contribution in [1.29, 1.82) is 0 Å². The van der Waals surface area contributed by atoms with Crippen molar-refractivity contribution in [3.8, 4) is 11.4 Å². The van der Waals surface area contributed by atoms with Gasteiger partial charge in [0.1, 0.15) is 0 Å². The van der Waals surface area contributed by atoms with E-state index in [0.717, 1.165) is 18.4 Å². The third kappa shape index (κ3) is 4.33. The second kappa shape index (κ2) is 7.98. The van der Waals surface area contributed by atoms with Crippen LogP contribution >= 0.6 is 11.6 Å². The molecular formula is C20H25ClN4O2. The summed E-state index contributed by atoms with van der Waals surface area (Å²) in [5, 5.41) is 7.91. The van der Waals surface area contributed by atoms with Crippen molar-refractivity contribution < 1.29 is 9.32 Å². The van der Waals surface area contributed by atoms with E-state index in [1.54, 1.807) is 12.1 Å². The number of hydrogen-bond donors (Lipinski definition) is 2. The van der Waals surface area contributed by atoms with E-state index in [9.17, 15) is 4.79 Å². The number of carbonyl (C=O) groups excluding carboxylic acids is 1. The van der Waals surface area contributed by atoms with Crippen LogP contribution in [0.2, 0.25) is 5.02 Å². The minimum absolute atomic E-state index is 0.0543. The summed E-state index contributed by atoms with van der Waals surface area (Å²) >= 11 is 5.90. The monoisotopic (exact) mass is 388 g/mol. The molecule has 2 aliphatic rings. The molecule has 1 aromatic heterocycles. The first-order valence-corrected chi connectivity index (χ1v) is 10.1. The van der Waals surface area contributed by atoms with Gasteiger partial charge in [-0.05, 0) is 61.8 Å².